The Balaban J connectivity index is 1.95. The molecule has 1 heterocycles. The summed E-state index contributed by atoms with van der Waals surface area (Å²) in [6.07, 6.45) is 3.02. The van der Waals surface area contributed by atoms with E-state index in [0.29, 0.717) is 25.9 Å². The molecule has 2 N–H and O–H groups in total. The molecule has 25 heavy (non-hydrogen) atoms. The van der Waals surface area contributed by atoms with Gasteiger partial charge in [0, 0.05) is 25.0 Å². The van der Waals surface area contributed by atoms with E-state index in [2.05, 4.69) is 5.32 Å². The van der Waals surface area contributed by atoms with Crippen molar-refractivity contribution in [3.63, 3.8) is 0 Å². The first kappa shape index (κ1) is 19.0. The number of amides is 2. The molecule has 0 spiro atoms. The van der Waals surface area contributed by atoms with Crippen LogP contribution in [0.3, 0.4) is 0 Å². The van der Waals surface area contributed by atoms with Crippen LogP contribution in [0.1, 0.15) is 60.2 Å². The van der Waals surface area contributed by atoms with Crippen molar-refractivity contribution >= 4 is 17.8 Å². The SMILES string of the molecule is CCC(CC)C(=O)NC1CCN(C(=O)c2ccccc2C(=O)O)CC1. The molecule has 1 fully saturated rings. The van der Waals surface area contributed by atoms with Crippen molar-refractivity contribution in [1.29, 1.82) is 0 Å². The number of carboxylic acid groups (broad SMARTS) is 1. The third kappa shape index (κ3) is 4.59. The monoisotopic (exact) mass is 346 g/mol. The Morgan fingerprint density at radius 1 is 1.12 bits per heavy atom. The van der Waals surface area contributed by atoms with E-state index in [4.69, 9.17) is 0 Å². The minimum atomic E-state index is -1.10. The van der Waals surface area contributed by atoms with Crippen LogP contribution in [0.25, 0.3) is 0 Å². The minimum absolute atomic E-state index is 0.0247. The van der Waals surface area contributed by atoms with Gasteiger partial charge < -0.3 is 15.3 Å². The average Bonchev–Trinajstić information content (AvgIpc) is 2.62. The summed E-state index contributed by atoms with van der Waals surface area (Å²) in [5.74, 6) is -1.23. The van der Waals surface area contributed by atoms with Crippen molar-refractivity contribution in [1.82, 2.24) is 10.2 Å². The van der Waals surface area contributed by atoms with Crippen LogP contribution in [-0.4, -0.2) is 46.9 Å². The highest BCUT2D eigenvalue weighted by Gasteiger charge is 2.27. The summed E-state index contributed by atoms with van der Waals surface area (Å²) in [6.45, 7) is 5.05. The molecule has 0 unspecified atom stereocenters. The van der Waals surface area contributed by atoms with Crippen LogP contribution in [0.4, 0.5) is 0 Å². The van der Waals surface area contributed by atoms with Crippen LogP contribution in [0.15, 0.2) is 24.3 Å². The molecule has 2 rings (SSSR count). The van der Waals surface area contributed by atoms with E-state index in [-0.39, 0.29) is 34.9 Å². The molecule has 1 saturated heterocycles. The number of aromatic carboxylic acids is 1. The first-order chi connectivity index (χ1) is 12.0. The van der Waals surface area contributed by atoms with Gasteiger partial charge in [0.1, 0.15) is 0 Å². The summed E-state index contributed by atoms with van der Waals surface area (Å²) in [5, 5.41) is 12.3. The van der Waals surface area contributed by atoms with Gasteiger partial charge in [-0.3, -0.25) is 9.59 Å². The molecule has 1 aromatic carbocycles. The molecule has 2 amide bonds. The molecule has 0 aromatic heterocycles. The summed E-state index contributed by atoms with van der Waals surface area (Å²) in [5.41, 5.74) is 0.242. The number of benzene rings is 1. The van der Waals surface area contributed by atoms with Gasteiger partial charge in [-0.25, -0.2) is 4.79 Å². The lowest BCUT2D eigenvalue weighted by molar-refractivity contribution is -0.126. The fourth-order valence-corrected chi connectivity index (χ4v) is 3.23. The van der Waals surface area contributed by atoms with Crippen LogP contribution >= 0.6 is 0 Å². The molecule has 1 aliphatic heterocycles. The number of likely N-dealkylation sites (tertiary alicyclic amines) is 1. The summed E-state index contributed by atoms with van der Waals surface area (Å²) >= 11 is 0. The number of hydrogen-bond donors (Lipinski definition) is 2. The van der Waals surface area contributed by atoms with E-state index in [0.717, 1.165) is 12.8 Å². The molecule has 6 nitrogen and oxygen atoms in total. The van der Waals surface area contributed by atoms with Gasteiger partial charge in [-0.15, -0.1) is 0 Å². The first-order valence-electron chi connectivity index (χ1n) is 8.89. The third-order valence-electron chi connectivity index (χ3n) is 4.87. The van der Waals surface area contributed by atoms with Crippen LogP contribution < -0.4 is 5.32 Å². The van der Waals surface area contributed by atoms with Crippen LogP contribution in [0.5, 0.6) is 0 Å². The molecule has 0 atom stereocenters. The fraction of sp³-hybridized carbons (Fsp3) is 0.526. The number of nitrogens with one attached hydrogen (secondary N) is 1. The number of nitrogens with zero attached hydrogens (tertiary/aromatic N) is 1. The average molecular weight is 346 g/mol. The zero-order valence-corrected chi connectivity index (χ0v) is 14.8. The standard InChI is InChI=1S/C19H26N2O4/c1-3-13(4-2)17(22)20-14-9-11-21(12-10-14)18(23)15-7-5-6-8-16(15)19(24)25/h5-8,13-14H,3-4,9-12H2,1-2H3,(H,20,22)(H,24,25). The second-order valence-corrected chi connectivity index (χ2v) is 6.44. The van der Waals surface area contributed by atoms with Gasteiger partial charge in [-0.05, 0) is 37.8 Å². The van der Waals surface area contributed by atoms with Gasteiger partial charge in [-0.2, -0.15) is 0 Å². The first-order valence-corrected chi connectivity index (χ1v) is 8.89. The van der Waals surface area contributed by atoms with Gasteiger partial charge in [-0.1, -0.05) is 26.0 Å². The lowest BCUT2D eigenvalue weighted by Gasteiger charge is -2.33. The Hall–Kier alpha value is -2.37. The second-order valence-electron chi connectivity index (χ2n) is 6.44. The maximum absolute atomic E-state index is 12.6. The molecule has 0 aliphatic carbocycles. The van der Waals surface area contributed by atoms with Gasteiger partial charge >= 0.3 is 5.97 Å². The van der Waals surface area contributed by atoms with Gasteiger partial charge in [0.25, 0.3) is 5.91 Å². The highest BCUT2D eigenvalue weighted by Crippen LogP contribution is 2.18. The van der Waals surface area contributed by atoms with Crippen LogP contribution in [0.2, 0.25) is 0 Å². The predicted molar refractivity (Wildman–Crippen MR) is 94.5 cm³/mol. The fourth-order valence-electron chi connectivity index (χ4n) is 3.23. The number of carboxylic acids is 1. The van der Waals surface area contributed by atoms with Crippen molar-refractivity contribution in [3.8, 4) is 0 Å². The Bertz CT molecular complexity index is 632. The van der Waals surface area contributed by atoms with E-state index in [1.807, 2.05) is 13.8 Å². The predicted octanol–water partition coefficient (Wildman–Crippen LogP) is 2.54. The molecule has 0 saturated carbocycles. The van der Waals surface area contributed by atoms with Crippen molar-refractivity contribution in [2.45, 2.75) is 45.6 Å². The number of carbonyl (C=O) groups excluding carboxylic acids is 2. The highest BCUT2D eigenvalue weighted by molar-refractivity contribution is 6.04. The number of rotatable bonds is 6. The highest BCUT2D eigenvalue weighted by atomic mass is 16.4. The summed E-state index contributed by atoms with van der Waals surface area (Å²) < 4.78 is 0. The molecule has 1 aromatic rings. The minimum Gasteiger partial charge on any atom is -0.478 e. The number of hydrogen-bond acceptors (Lipinski definition) is 3. The normalized spacial score (nSPS) is 15.2. The quantitative estimate of drug-likeness (QED) is 0.829. The van der Waals surface area contributed by atoms with Gasteiger partial charge in [0.2, 0.25) is 5.91 Å². The third-order valence-corrected chi connectivity index (χ3v) is 4.87. The summed E-state index contributed by atoms with van der Waals surface area (Å²) in [4.78, 5) is 37.8. The van der Waals surface area contributed by atoms with Crippen molar-refractivity contribution in [3.05, 3.63) is 35.4 Å². The summed E-state index contributed by atoms with van der Waals surface area (Å²) in [7, 11) is 0. The van der Waals surface area contributed by atoms with E-state index >= 15 is 0 Å². The Morgan fingerprint density at radius 3 is 2.20 bits per heavy atom. The van der Waals surface area contributed by atoms with Gasteiger partial charge in [0.15, 0.2) is 0 Å². The maximum atomic E-state index is 12.6. The van der Waals surface area contributed by atoms with Gasteiger partial charge in [0.05, 0.1) is 11.1 Å². The lowest BCUT2D eigenvalue weighted by Crippen LogP contribution is -2.48. The largest absolute Gasteiger partial charge is 0.478 e. The molecular formula is C19H26N2O4. The molecule has 1 aliphatic rings. The van der Waals surface area contributed by atoms with E-state index in [1.165, 1.54) is 6.07 Å². The molecule has 6 heteroatoms. The number of carbonyl (C=O) groups is 3. The van der Waals surface area contributed by atoms with Crippen molar-refractivity contribution in [2.75, 3.05) is 13.1 Å². The Labute approximate surface area is 148 Å². The second kappa shape index (κ2) is 8.65. The van der Waals surface area contributed by atoms with E-state index in [9.17, 15) is 19.5 Å². The molecule has 136 valence electrons. The Kier molecular flexibility index (Phi) is 6.56. The van der Waals surface area contributed by atoms with Crippen LogP contribution in [0, 0.1) is 5.92 Å². The van der Waals surface area contributed by atoms with E-state index < -0.39 is 5.97 Å². The van der Waals surface area contributed by atoms with Crippen LogP contribution in [-0.2, 0) is 4.79 Å². The lowest BCUT2D eigenvalue weighted by atomic mass is 9.99. The molecule has 0 bridgehead atoms. The zero-order chi connectivity index (χ0) is 18.4. The molecule has 0 radical (unpaired) electrons. The smallest absolute Gasteiger partial charge is 0.336 e. The maximum Gasteiger partial charge on any atom is 0.336 e. The van der Waals surface area contributed by atoms with Crippen molar-refractivity contribution < 1.29 is 19.5 Å². The Morgan fingerprint density at radius 2 is 1.68 bits per heavy atom. The molecular weight excluding hydrogens is 320 g/mol. The van der Waals surface area contributed by atoms with Crippen molar-refractivity contribution in [2.24, 2.45) is 5.92 Å². The summed E-state index contributed by atoms with van der Waals surface area (Å²) in [6, 6.07) is 6.35. The zero-order valence-electron chi connectivity index (χ0n) is 14.8. The van der Waals surface area contributed by atoms with E-state index in [1.54, 1.807) is 23.1 Å². The number of piperidine rings is 1. The topological polar surface area (TPSA) is 86.7 Å².